The van der Waals surface area contributed by atoms with Crippen molar-refractivity contribution in [3.63, 3.8) is 0 Å². The second-order valence-corrected chi connectivity index (χ2v) is 2.59. The SMILES string of the molecule is Nc1nccn1C(=O)n1ccnc1N. The van der Waals surface area contributed by atoms with E-state index >= 15 is 0 Å². The summed E-state index contributed by atoms with van der Waals surface area (Å²) in [5.74, 6) is 0.228. The van der Waals surface area contributed by atoms with Gasteiger partial charge in [0.05, 0.1) is 0 Å². The molecule has 0 aliphatic carbocycles. The highest BCUT2D eigenvalue weighted by atomic mass is 16.2. The molecular weight excluding hydrogens is 184 g/mol. The summed E-state index contributed by atoms with van der Waals surface area (Å²) in [5.41, 5.74) is 10.9. The molecule has 7 heteroatoms. The molecule has 72 valence electrons. The predicted molar refractivity (Wildman–Crippen MR) is 49.5 cm³/mol. The molecule has 0 radical (unpaired) electrons. The van der Waals surface area contributed by atoms with Crippen LogP contribution in [0.4, 0.5) is 16.7 Å². The smallest absolute Gasteiger partial charge is 0.342 e. The Morgan fingerprint density at radius 3 is 1.79 bits per heavy atom. The average molecular weight is 192 g/mol. The van der Waals surface area contributed by atoms with Crippen LogP contribution in [0.25, 0.3) is 0 Å². The first-order chi connectivity index (χ1) is 6.70. The van der Waals surface area contributed by atoms with Gasteiger partial charge in [0, 0.05) is 24.8 Å². The molecule has 0 aliphatic rings. The van der Waals surface area contributed by atoms with E-state index in [1.54, 1.807) is 0 Å². The number of aromatic nitrogens is 4. The van der Waals surface area contributed by atoms with Crippen molar-refractivity contribution in [3.05, 3.63) is 24.8 Å². The number of carbonyl (C=O) groups excluding carboxylic acids is 1. The molecule has 7 nitrogen and oxygen atoms in total. The molecule has 2 aromatic rings. The summed E-state index contributed by atoms with van der Waals surface area (Å²) in [4.78, 5) is 19.1. The zero-order chi connectivity index (χ0) is 10.1. The van der Waals surface area contributed by atoms with Gasteiger partial charge in [-0.3, -0.25) is 0 Å². The third-order valence-corrected chi connectivity index (χ3v) is 1.75. The van der Waals surface area contributed by atoms with Gasteiger partial charge in [0.15, 0.2) is 0 Å². The Balaban J connectivity index is 2.44. The van der Waals surface area contributed by atoms with Crippen LogP contribution in [0.1, 0.15) is 0 Å². The first-order valence-electron chi connectivity index (χ1n) is 3.82. The Hall–Kier alpha value is -2.31. The Bertz CT molecular complexity index is 428. The second-order valence-electron chi connectivity index (χ2n) is 2.59. The number of carbonyl (C=O) groups is 1. The Labute approximate surface area is 79.0 Å². The molecule has 0 fully saturated rings. The molecule has 0 saturated heterocycles. The molecule has 4 N–H and O–H groups in total. The van der Waals surface area contributed by atoms with Crippen molar-refractivity contribution in [2.24, 2.45) is 0 Å². The van der Waals surface area contributed by atoms with E-state index in [2.05, 4.69) is 9.97 Å². The average Bonchev–Trinajstić information content (AvgIpc) is 2.73. The lowest BCUT2D eigenvalue weighted by Gasteiger charge is -2.04. The van der Waals surface area contributed by atoms with Crippen molar-refractivity contribution in [3.8, 4) is 0 Å². The van der Waals surface area contributed by atoms with E-state index in [9.17, 15) is 4.79 Å². The molecule has 2 rings (SSSR count). The highest BCUT2D eigenvalue weighted by molar-refractivity contribution is 5.83. The predicted octanol–water partition coefficient (Wildman–Crippen LogP) is -0.240. The fraction of sp³-hybridized carbons (Fsp3) is 0. The number of nitrogens with two attached hydrogens (primary N) is 2. The number of imidazole rings is 2. The van der Waals surface area contributed by atoms with Crippen LogP contribution >= 0.6 is 0 Å². The molecule has 14 heavy (non-hydrogen) atoms. The molecule has 0 unspecified atom stereocenters. The summed E-state index contributed by atoms with van der Waals surface area (Å²) in [6.07, 6.45) is 5.77. The van der Waals surface area contributed by atoms with Crippen molar-refractivity contribution in [2.75, 3.05) is 11.5 Å². The first-order valence-corrected chi connectivity index (χ1v) is 3.82. The lowest BCUT2D eigenvalue weighted by Crippen LogP contribution is -2.21. The van der Waals surface area contributed by atoms with Gasteiger partial charge in [0.25, 0.3) is 0 Å². The van der Waals surface area contributed by atoms with Crippen molar-refractivity contribution in [2.45, 2.75) is 0 Å². The van der Waals surface area contributed by atoms with Gasteiger partial charge < -0.3 is 11.5 Å². The lowest BCUT2D eigenvalue weighted by atomic mass is 10.7. The van der Waals surface area contributed by atoms with Crippen molar-refractivity contribution < 1.29 is 4.79 Å². The Morgan fingerprint density at radius 1 is 1.07 bits per heavy atom. The van der Waals surface area contributed by atoms with Crippen LogP contribution in [0.15, 0.2) is 24.8 Å². The van der Waals surface area contributed by atoms with Gasteiger partial charge in [-0.1, -0.05) is 0 Å². The van der Waals surface area contributed by atoms with Gasteiger partial charge in [-0.05, 0) is 0 Å². The van der Waals surface area contributed by atoms with Crippen LogP contribution in [0.2, 0.25) is 0 Å². The van der Waals surface area contributed by atoms with Crippen LogP contribution in [-0.2, 0) is 0 Å². The highest BCUT2D eigenvalue weighted by Gasteiger charge is 2.12. The topological polar surface area (TPSA) is 105 Å². The van der Waals surface area contributed by atoms with Crippen LogP contribution in [0.5, 0.6) is 0 Å². The quantitative estimate of drug-likeness (QED) is 0.599. The molecule has 0 saturated carbocycles. The van der Waals surface area contributed by atoms with Gasteiger partial charge >= 0.3 is 6.03 Å². The molecule has 0 atom stereocenters. The van der Waals surface area contributed by atoms with Crippen molar-refractivity contribution in [1.82, 2.24) is 19.1 Å². The maximum atomic E-state index is 11.7. The van der Waals surface area contributed by atoms with E-state index in [1.165, 1.54) is 33.9 Å². The van der Waals surface area contributed by atoms with Crippen LogP contribution < -0.4 is 11.5 Å². The Kier molecular flexibility index (Phi) is 1.70. The fourth-order valence-electron chi connectivity index (χ4n) is 1.07. The summed E-state index contributed by atoms with van der Waals surface area (Å²) in [7, 11) is 0. The number of hydrogen-bond acceptors (Lipinski definition) is 5. The van der Waals surface area contributed by atoms with Gasteiger partial charge in [-0.2, -0.15) is 0 Å². The zero-order valence-corrected chi connectivity index (χ0v) is 7.16. The minimum Gasteiger partial charge on any atom is -0.369 e. The monoisotopic (exact) mass is 192 g/mol. The summed E-state index contributed by atoms with van der Waals surface area (Å²) < 4.78 is 2.36. The van der Waals surface area contributed by atoms with Crippen LogP contribution in [0.3, 0.4) is 0 Å². The van der Waals surface area contributed by atoms with E-state index in [-0.39, 0.29) is 11.9 Å². The summed E-state index contributed by atoms with van der Waals surface area (Å²) in [6.45, 7) is 0. The maximum absolute atomic E-state index is 11.7. The Morgan fingerprint density at radius 2 is 1.50 bits per heavy atom. The van der Waals surface area contributed by atoms with Gasteiger partial charge in [-0.25, -0.2) is 23.9 Å². The maximum Gasteiger partial charge on any atom is 0.342 e. The number of nitrogens with zero attached hydrogens (tertiary/aromatic N) is 4. The second kappa shape index (κ2) is 2.87. The minimum absolute atomic E-state index is 0.114. The largest absolute Gasteiger partial charge is 0.369 e. The van der Waals surface area contributed by atoms with E-state index in [0.29, 0.717) is 0 Å². The number of anilines is 2. The van der Waals surface area contributed by atoms with E-state index < -0.39 is 6.03 Å². The molecule has 0 bridgehead atoms. The standard InChI is InChI=1S/C7H8N6O/c8-5-10-1-3-12(5)7(14)13-4-2-11-6(13)9/h1-4H,(H2,8,10)(H2,9,11). The highest BCUT2D eigenvalue weighted by Crippen LogP contribution is 2.04. The fourth-order valence-corrected chi connectivity index (χ4v) is 1.07. The lowest BCUT2D eigenvalue weighted by molar-refractivity contribution is 0.244. The van der Waals surface area contributed by atoms with Gasteiger partial charge in [0.2, 0.25) is 11.9 Å². The van der Waals surface area contributed by atoms with Crippen molar-refractivity contribution >= 4 is 17.9 Å². The van der Waals surface area contributed by atoms with E-state index in [1.807, 2.05) is 0 Å². The molecule has 2 aromatic heterocycles. The summed E-state index contributed by atoms with van der Waals surface area (Å²) in [6, 6.07) is -0.407. The number of rotatable bonds is 0. The number of nitrogen functional groups attached to an aromatic ring is 2. The van der Waals surface area contributed by atoms with Crippen LogP contribution in [0, 0.1) is 0 Å². The van der Waals surface area contributed by atoms with E-state index in [4.69, 9.17) is 11.5 Å². The zero-order valence-electron chi connectivity index (χ0n) is 7.16. The molecule has 0 aromatic carbocycles. The van der Waals surface area contributed by atoms with Crippen molar-refractivity contribution in [1.29, 1.82) is 0 Å². The normalized spacial score (nSPS) is 10.3. The molecule has 0 amide bonds. The van der Waals surface area contributed by atoms with E-state index in [0.717, 1.165) is 0 Å². The summed E-state index contributed by atoms with van der Waals surface area (Å²) >= 11 is 0. The summed E-state index contributed by atoms with van der Waals surface area (Å²) in [5, 5.41) is 0. The molecule has 0 spiro atoms. The molecule has 0 aliphatic heterocycles. The van der Waals surface area contributed by atoms with Gasteiger partial charge in [-0.15, -0.1) is 0 Å². The molecule has 2 heterocycles. The third-order valence-electron chi connectivity index (χ3n) is 1.75. The third kappa shape index (κ3) is 1.11. The first kappa shape index (κ1) is 8.30. The number of hydrogen-bond donors (Lipinski definition) is 2. The minimum atomic E-state index is -0.407. The van der Waals surface area contributed by atoms with Crippen LogP contribution in [-0.4, -0.2) is 25.1 Å². The van der Waals surface area contributed by atoms with Gasteiger partial charge in [0.1, 0.15) is 0 Å². The molecular formula is C7H8N6O.